The van der Waals surface area contributed by atoms with E-state index in [9.17, 15) is 9.59 Å². The number of rotatable bonds is 3. The summed E-state index contributed by atoms with van der Waals surface area (Å²) in [6, 6.07) is 22.6. The number of anilines is 1. The Balaban J connectivity index is 1.52. The number of benzene rings is 3. The molecular weight excluding hydrogens is 416 g/mol. The minimum Gasteiger partial charge on any atom is -0.334 e. The zero-order chi connectivity index (χ0) is 19.5. The molecule has 0 spiro atoms. The van der Waals surface area contributed by atoms with Crippen molar-refractivity contribution in [2.45, 2.75) is 13.0 Å². The fraction of sp³-hybridized carbons (Fsp3) is 0.130. The standard InChI is InChI=1S/C23H19BrN2O2/c24-21-9-5-4-8-20(21)22(27)25-19-11-10-16-12-13-26(15-18(16)14-19)23(28)17-6-2-1-3-7-17/h1-11,14H,12-13,15H2,(H,25,27). The predicted molar refractivity (Wildman–Crippen MR) is 113 cm³/mol. The van der Waals surface area contributed by atoms with E-state index in [0.29, 0.717) is 24.2 Å². The monoisotopic (exact) mass is 434 g/mol. The van der Waals surface area contributed by atoms with E-state index >= 15 is 0 Å². The molecular formula is C23H19BrN2O2. The van der Waals surface area contributed by atoms with E-state index in [-0.39, 0.29) is 11.8 Å². The van der Waals surface area contributed by atoms with Crippen molar-refractivity contribution >= 4 is 33.4 Å². The van der Waals surface area contributed by atoms with Gasteiger partial charge in [0.1, 0.15) is 0 Å². The second-order valence-electron chi connectivity index (χ2n) is 6.76. The Hall–Kier alpha value is -2.92. The van der Waals surface area contributed by atoms with Gasteiger partial charge in [-0.1, -0.05) is 36.4 Å². The van der Waals surface area contributed by atoms with E-state index in [2.05, 4.69) is 21.2 Å². The van der Waals surface area contributed by atoms with Crippen LogP contribution in [0, 0.1) is 0 Å². The van der Waals surface area contributed by atoms with Gasteiger partial charge in [-0.3, -0.25) is 9.59 Å². The molecule has 1 aliphatic heterocycles. The molecule has 28 heavy (non-hydrogen) atoms. The lowest BCUT2D eigenvalue weighted by Crippen LogP contribution is -2.36. The molecule has 0 fully saturated rings. The molecule has 0 bridgehead atoms. The van der Waals surface area contributed by atoms with Gasteiger partial charge in [-0.05, 0) is 69.9 Å². The van der Waals surface area contributed by atoms with Crippen molar-refractivity contribution in [3.8, 4) is 0 Å². The van der Waals surface area contributed by atoms with Gasteiger partial charge in [0, 0.05) is 28.8 Å². The van der Waals surface area contributed by atoms with E-state index in [1.54, 1.807) is 6.07 Å². The highest BCUT2D eigenvalue weighted by Gasteiger charge is 2.22. The third-order valence-corrected chi connectivity index (χ3v) is 5.59. The summed E-state index contributed by atoms with van der Waals surface area (Å²) in [4.78, 5) is 27.2. The zero-order valence-electron chi connectivity index (χ0n) is 15.2. The van der Waals surface area contributed by atoms with Gasteiger partial charge in [0.25, 0.3) is 11.8 Å². The first-order valence-electron chi connectivity index (χ1n) is 9.14. The zero-order valence-corrected chi connectivity index (χ0v) is 16.8. The Morgan fingerprint density at radius 1 is 0.893 bits per heavy atom. The maximum absolute atomic E-state index is 12.7. The SMILES string of the molecule is O=C(Nc1ccc2c(c1)CN(C(=O)c1ccccc1)CC2)c1ccccc1Br. The first-order chi connectivity index (χ1) is 13.6. The van der Waals surface area contributed by atoms with Crippen molar-refractivity contribution in [1.29, 1.82) is 0 Å². The van der Waals surface area contributed by atoms with Crippen LogP contribution < -0.4 is 5.32 Å². The van der Waals surface area contributed by atoms with Crippen LogP contribution in [0.2, 0.25) is 0 Å². The fourth-order valence-corrected chi connectivity index (χ4v) is 3.88. The number of carbonyl (C=O) groups is 2. The molecule has 4 rings (SSSR count). The second kappa shape index (κ2) is 7.98. The highest BCUT2D eigenvalue weighted by Crippen LogP contribution is 2.25. The second-order valence-corrected chi connectivity index (χ2v) is 7.61. The van der Waals surface area contributed by atoms with Crippen LogP contribution in [0.15, 0.2) is 77.3 Å². The Bertz CT molecular complexity index is 1030. The third-order valence-electron chi connectivity index (χ3n) is 4.90. The van der Waals surface area contributed by atoms with Gasteiger partial charge in [0.2, 0.25) is 0 Å². The van der Waals surface area contributed by atoms with Crippen LogP contribution in [0.25, 0.3) is 0 Å². The summed E-state index contributed by atoms with van der Waals surface area (Å²) < 4.78 is 0.755. The molecule has 0 saturated heterocycles. The third kappa shape index (κ3) is 3.85. The fourth-order valence-electron chi connectivity index (χ4n) is 3.42. The molecule has 0 unspecified atom stereocenters. The molecule has 0 aromatic heterocycles. The van der Waals surface area contributed by atoms with Gasteiger partial charge < -0.3 is 10.2 Å². The van der Waals surface area contributed by atoms with Crippen LogP contribution in [0.3, 0.4) is 0 Å². The lowest BCUT2D eigenvalue weighted by atomic mass is 9.98. The van der Waals surface area contributed by atoms with Crippen LogP contribution >= 0.6 is 15.9 Å². The van der Waals surface area contributed by atoms with E-state index in [1.807, 2.05) is 71.6 Å². The quantitative estimate of drug-likeness (QED) is 0.636. The summed E-state index contributed by atoms with van der Waals surface area (Å²) in [6.07, 6.45) is 0.812. The number of halogens is 1. The minimum absolute atomic E-state index is 0.0360. The molecule has 1 heterocycles. The summed E-state index contributed by atoms with van der Waals surface area (Å²) in [6.45, 7) is 1.24. The van der Waals surface area contributed by atoms with Crippen LogP contribution in [-0.2, 0) is 13.0 Å². The smallest absolute Gasteiger partial charge is 0.256 e. The number of amides is 2. The number of nitrogens with one attached hydrogen (secondary N) is 1. The highest BCUT2D eigenvalue weighted by molar-refractivity contribution is 9.10. The number of hydrogen-bond donors (Lipinski definition) is 1. The van der Waals surface area contributed by atoms with Crippen molar-refractivity contribution in [1.82, 2.24) is 4.90 Å². The molecule has 0 radical (unpaired) electrons. The predicted octanol–water partition coefficient (Wildman–Crippen LogP) is 4.90. The first-order valence-corrected chi connectivity index (χ1v) is 9.93. The number of fused-ring (bicyclic) bond motifs is 1. The molecule has 1 N–H and O–H groups in total. The van der Waals surface area contributed by atoms with Gasteiger partial charge in [-0.15, -0.1) is 0 Å². The molecule has 3 aromatic rings. The largest absolute Gasteiger partial charge is 0.334 e. The van der Waals surface area contributed by atoms with Gasteiger partial charge >= 0.3 is 0 Å². The van der Waals surface area contributed by atoms with E-state index in [0.717, 1.165) is 22.1 Å². The van der Waals surface area contributed by atoms with Gasteiger partial charge in [-0.2, -0.15) is 0 Å². The van der Waals surface area contributed by atoms with Crippen molar-refractivity contribution in [2.75, 3.05) is 11.9 Å². The minimum atomic E-state index is -0.166. The average molecular weight is 435 g/mol. The Morgan fingerprint density at radius 3 is 2.43 bits per heavy atom. The first kappa shape index (κ1) is 18.4. The topological polar surface area (TPSA) is 49.4 Å². The van der Waals surface area contributed by atoms with Gasteiger partial charge in [-0.25, -0.2) is 0 Å². The van der Waals surface area contributed by atoms with Crippen molar-refractivity contribution in [3.05, 3.63) is 99.5 Å². The molecule has 1 aliphatic rings. The molecule has 3 aromatic carbocycles. The molecule has 4 nitrogen and oxygen atoms in total. The maximum Gasteiger partial charge on any atom is 0.256 e. The number of hydrogen-bond acceptors (Lipinski definition) is 2. The lowest BCUT2D eigenvalue weighted by Gasteiger charge is -2.29. The van der Waals surface area contributed by atoms with Crippen LogP contribution in [0.1, 0.15) is 31.8 Å². The van der Waals surface area contributed by atoms with Crippen molar-refractivity contribution in [2.24, 2.45) is 0 Å². The summed E-state index contributed by atoms with van der Waals surface area (Å²) in [7, 11) is 0. The van der Waals surface area contributed by atoms with Crippen LogP contribution in [-0.4, -0.2) is 23.3 Å². The molecule has 0 aliphatic carbocycles. The van der Waals surface area contributed by atoms with Gasteiger partial charge in [0.15, 0.2) is 0 Å². The number of carbonyl (C=O) groups excluding carboxylic acids is 2. The maximum atomic E-state index is 12.7. The van der Waals surface area contributed by atoms with E-state index in [4.69, 9.17) is 0 Å². The highest BCUT2D eigenvalue weighted by atomic mass is 79.9. The van der Waals surface area contributed by atoms with Crippen molar-refractivity contribution in [3.63, 3.8) is 0 Å². The van der Waals surface area contributed by atoms with Gasteiger partial charge in [0.05, 0.1) is 5.56 Å². The average Bonchev–Trinajstić information content (AvgIpc) is 2.73. The summed E-state index contributed by atoms with van der Waals surface area (Å²) >= 11 is 3.41. The molecule has 0 saturated carbocycles. The lowest BCUT2D eigenvalue weighted by molar-refractivity contribution is 0.0734. The Morgan fingerprint density at radius 2 is 1.64 bits per heavy atom. The Kier molecular flexibility index (Phi) is 5.26. The Labute approximate surface area is 172 Å². The van der Waals surface area contributed by atoms with Crippen molar-refractivity contribution < 1.29 is 9.59 Å². The van der Waals surface area contributed by atoms with Crippen LogP contribution in [0.5, 0.6) is 0 Å². The van der Waals surface area contributed by atoms with Crippen LogP contribution in [0.4, 0.5) is 5.69 Å². The van der Waals surface area contributed by atoms with E-state index < -0.39 is 0 Å². The summed E-state index contributed by atoms with van der Waals surface area (Å²) in [5, 5.41) is 2.95. The molecule has 5 heteroatoms. The normalized spacial score (nSPS) is 13.0. The molecule has 0 atom stereocenters. The summed E-state index contributed by atoms with van der Waals surface area (Å²) in [5.41, 5.74) is 4.30. The number of nitrogens with zero attached hydrogens (tertiary/aromatic N) is 1. The molecule has 140 valence electrons. The van der Waals surface area contributed by atoms with E-state index in [1.165, 1.54) is 5.56 Å². The molecule has 2 amide bonds. The summed E-state index contributed by atoms with van der Waals surface area (Å²) in [5.74, 6) is -0.130.